The smallest absolute Gasteiger partial charge is 0.0859 e. The van der Waals surface area contributed by atoms with Crippen LogP contribution in [-0.4, -0.2) is 11.2 Å². The van der Waals surface area contributed by atoms with Crippen LogP contribution in [0.5, 0.6) is 0 Å². The number of anilines is 1. The van der Waals surface area contributed by atoms with Gasteiger partial charge in [0, 0.05) is 11.3 Å². The van der Waals surface area contributed by atoms with Crippen LogP contribution in [0, 0.1) is 0 Å². The molecule has 0 aliphatic rings. The third kappa shape index (κ3) is 2.83. The second-order valence-electron chi connectivity index (χ2n) is 2.95. The van der Waals surface area contributed by atoms with Gasteiger partial charge in [0.1, 0.15) is 0 Å². The number of nitrogen functional groups attached to an aromatic ring is 1. The normalized spacial score (nSPS) is 13.2. The first kappa shape index (κ1) is 9.55. The molecule has 3 N–H and O–H groups in total. The van der Waals surface area contributed by atoms with Crippen molar-refractivity contribution in [3.8, 4) is 0 Å². The molecule has 1 aromatic rings. The largest absolute Gasteiger partial charge is 0.393 e. The van der Waals surface area contributed by atoms with Crippen LogP contribution in [0.3, 0.4) is 0 Å². The number of thiophene rings is 1. The van der Waals surface area contributed by atoms with E-state index >= 15 is 0 Å². The first-order valence-corrected chi connectivity index (χ1v) is 5.06. The zero-order valence-electron chi connectivity index (χ0n) is 7.29. The van der Waals surface area contributed by atoms with E-state index < -0.39 is 0 Å². The van der Waals surface area contributed by atoms with Crippen LogP contribution in [-0.2, 0) is 6.42 Å². The fourth-order valence-electron chi connectivity index (χ4n) is 1.17. The van der Waals surface area contributed by atoms with E-state index in [4.69, 9.17) is 5.73 Å². The molecule has 1 atom stereocenters. The number of rotatable bonds is 4. The minimum Gasteiger partial charge on any atom is -0.393 e. The maximum atomic E-state index is 9.48. The molecule has 0 saturated carbocycles. The number of aliphatic hydroxyl groups is 1. The van der Waals surface area contributed by atoms with Gasteiger partial charge in [-0.1, -0.05) is 13.3 Å². The van der Waals surface area contributed by atoms with Crippen molar-refractivity contribution in [2.24, 2.45) is 0 Å². The zero-order chi connectivity index (χ0) is 8.97. The van der Waals surface area contributed by atoms with E-state index in [0.29, 0.717) is 0 Å². The Bertz CT molecular complexity index is 234. The highest BCUT2D eigenvalue weighted by atomic mass is 32.1. The van der Waals surface area contributed by atoms with Gasteiger partial charge in [-0.2, -0.15) is 0 Å². The van der Waals surface area contributed by atoms with E-state index in [0.717, 1.165) is 24.3 Å². The second-order valence-corrected chi connectivity index (χ2v) is 4.15. The maximum absolute atomic E-state index is 9.48. The fourth-order valence-corrected chi connectivity index (χ4v) is 2.02. The summed E-state index contributed by atoms with van der Waals surface area (Å²) in [4.78, 5) is 1.17. The molecule has 12 heavy (non-hydrogen) atoms. The summed E-state index contributed by atoms with van der Waals surface area (Å²) in [5, 5.41) is 10.3. The standard InChI is InChI=1S/C9H15NOS/c1-2-3-7(11)6-8-4-5-9(10)12-8/h4-5,7,11H,2-3,6,10H2,1H3. The topological polar surface area (TPSA) is 46.2 Å². The first-order chi connectivity index (χ1) is 5.72. The third-order valence-corrected chi connectivity index (χ3v) is 2.68. The monoisotopic (exact) mass is 185 g/mol. The van der Waals surface area contributed by atoms with Crippen molar-refractivity contribution in [2.75, 3.05) is 5.73 Å². The molecule has 0 saturated heterocycles. The van der Waals surface area contributed by atoms with Crippen molar-refractivity contribution >= 4 is 16.3 Å². The van der Waals surface area contributed by atoms with Gasteiger partial charge in [0.15, 0.2) is 0 Å². The molecular weight excluding hydrogens is 170 g/mol. The minimum absolute atomic E-state index is 0.201. The predicted molar refractivity (Wildman–Crippen MR) is 53.4 cm³/mol. The molecule has 0 aliphatic carbocycles. The number of hydrogen-bond donors (Lipinski definition) is 2. The second kappa shape index (κ2) is 4.48. The molecule has 0 spiro atoms. The van der Waals surface area contributed by atoms with Gasteiger partial charge in [0.05, 0.1) is 11.1 Å². The highest BCUT2D eigenvalue weighted by Gasteiger charge is 2.05. The van der Waals surface area contributed by atoms with Crippen LogP contribution in [0.25, 0.3) is 0 Å². The molecule has 68 valence electrons. The van der Waals surface area contributed by atoms with E-state index in [-0.39, 0.29) is 6.10 Å². The molecule has 3 heteroatoms. The lowest BCUT2D eigenvalue weighted by atomic mass is 10.1. The van der Waals surface area contributed by atoms with E-state index in [9.17, 15) is 5.11 Å². The van der Waals surface area contributed by atoms with Crippen LogP contribution >= 0.6 is 11.3 Å². The summed E-state index contributed by atoms with van der Waals surface area (Å²) in [7, 11) is 0. The molecule has 0 aromatic carbocycles. The Morgan fingerprint density at radius 1 is 1.58 bits per heavy atom. The Morgan fingerprint density at radius 2 is 2.33 bits per heavy atom. The van der Waals surface area contributed by atoms with Crippen LogP contribution in [0.4, 0.5) is 5.00 Å². The van der Waals surface area contributed by atoms with Crippen molar-refractivity contribution < 1.29 is 5.11 Å². The summed E-state index contributed by atoms with van der Waals surface area (Å²) >= 11 is 1.56. The zero-order valence-corrected chi connectivity index (χ0v) is 8.10. The summed E-state index contributed by atoms with van der Waals surface area (Å²) in [5.74, 6) is 0. The number of nitrogens with two attached hydrogens (primary N) is 1. The van der Waals surface area contributed by atoms with Gasteiger partial charge < -0.3 is 10.8 Å². The van der Waals surface area contributed by atoms with E-state index in [1.54, 1.807) is 11.3 Å². The van der Waals surface area contributed by atoms with E-state index in [2.05, 4.69) is 6.92 Å². The Hall–Kier alpha value is -0.540. The highest BCUT2D eigenvalue weighted by Crippen LogP contribution is 2.20. The number of hydrogen-bond acceptors (Lipinski definition) is 3. The van der Waals surface area contributed by atoms with Gasteiger partial charge in [-0.25, -0.2) is 0 Å². The average Bonchev–Trinajstić information content (AvgIpc) is 2.36. The van der Waals surface area contributed by atoms with Gasteiger partial charge in [-0.3, -0.25) is 0 Å². The lowest BCUT2D eigenvalue weighted by molar-refractivity contribution is 0.165. The molecule has 1 rings (SSSR count). The average molecular weight is 185 g/mol. The van der Waals surface area contributed by atoms with Crippen LogP contribution in [0.15, 0.2) is 12.1 Å². The molecule has 1 heterocycles. The summed E-state index contributed by atoms with van der Waals surface area (Å²) < 4.78 is 0. The van der Waals surface area contributed by atoms with Crippen molar-refractivity contribution in [1.29, 1.82) is 0 Å². The summed E-state index contributed by atoms with van der Waals surface area (Å²) in [6.45, 7) is 2.08. The van der Waals surface area contributed by atoms with Crippen molar-refractivity contribution in [3.63, 3.8) is 0 Å². The number of aliphatic hydroxyl groups excluding tert-OH is 1. The predicted octanol–water partition coefficient (Wildman–Crippen LogP) is 2.03. The Labute approximate surface area is 77.0 Å². The highest BCUT2D eigenvalue weighted by molar-refractivity contribution is 7.15. The first-order valence-electron chi connectivity index (χ1n) is 4.24. The van der Waals surface area contributed by atoms with Gasteiger partial charge in [0.25, 0.3) is 0 Å². The third-order valence-electron chi connectivity index (χ3n) is 1.74. The SMILES string of the molecule is CCCC(O)Cc1ccc(N)s1. The molecule has 1 aromatic heterocycles. The molecular formula is C9H15NOS. The van der Waals surface area contributed by atoms with Crippen molar-refractivity contribution in [3.05, 3.63) is 17.0 Å². The fraction of sp³-hybridized carbons (Fsp3) is 0.556. The Balaban J connectivity index is 2.41. The summed E-state index contributed by atoms with van der Waals surface area (Å²) in [6.07, 6.45) is 2.45. The lowest BCUT2D eigenvalue weighted by Crippen LogP contribution is -2.08. The lowest BCUT2D eigenvalue weighted by Gasteiger charge is -2.05. The quantitative estimate of drug-likeness (QED) is 0.754. The summed E-state index contributed by atoms with van der Waals surface area (Å²) in [5.41, 5.74) is 5.57. The maximum Gasteiger partial charge on any atom is 0.0859 e. The molecule has 0 fully saturated rings. The van der Waals surface area contributed by atoms with Gasteiger partial charge in [0.2, 0.25) is 0 Å². The van der Waals surface area contributed by atoms with Gasteiger partial charge in [-0.15, -0.1) is 11.3 Å². The molecule has 0 aliphatic heterocycles. The van der Waals surface area contributed by atoms with Crippen molar-refractivity contribution in [1.82, 2.24) is 0 Å². The summed E-state index contributed by atoms with van der Waals surface area (Å²) in [6, 6.07) is 3.87. The molecule has 1 unspecified atom stereocenters. The molecule has 0 radical (unpaired) electrons. The van der Waals surface area contributed by atoms with Gasteiger partial charge in [-0.05, 0) is 18.6 Å². The Morgan fingerprint density at radius 3 is 2.83 bits per heavy atom. The minimum atomic E-state index is -0.201. The van der Waals surface area contributed by atoms with E-state index in [1.807, 2.05) is 12.1 Å². The van der Waals surface area contributed by atoms with Crippen LogP contribution in [0.2, 0.25) is 0 Å². The van der Waals surface area contributed by atoms with Crippen LogP contribution in [0.1, 0.15) is 24.6 Å². The van der Waals surface area contributed by atoms with Crippen molar-refractivity contribution in [2.45, 2.75) is 32.3 Å². The molecule has 0 bridgehead atoms. The van der Waals surface area contributed by atoms with E-state index in [1.165, 1.54) is 4.88 Å². The van der Waals surface area contributed by atoms with Gasteiger partial charge >= 0.3 is 0 Å². The Kier molecular flexibility index (Phi) is 3.56. The molecule has 2 nitrogen and oxygen atoms in total. The molecule has 0 amide bonds. The van der Waals surface area contributed by atoms with Crippen LogP contribution < -0.4 is 5.73 Å².